The predicted octanol–water partition coefficient (Wildman–Crippen LogP) is 4.94. The van der Waals surface area contributed by atoms with Gasteiger partial charge >= 0.3 is 0 Å². The molecule has 1 aromatic heterocycles. The van der Waals surface area contributed by atoms with Crippen LogP contribution >= 0.6 is 0 Å². The van der Waals surface area contributed by atoms with Crippen LogP contribution in [0.15, 0.2) is 77.2 Å². The molecule has 0 N–H and O–H groups in total. The molecular weight excluding hydrogens is 438 g/mol. The molecule has 4 aromatic rings. The maximum Gasteiger partial charge on any atom is 0.253 e. The summed E-state index contributed by atoms with van der Waals surface area (Å²) in [4.78, 5) is 17.3. The van der Waals surface area contributed by atoms with E-state index in [0.29, 0.717) is 36.0 Å². The van der Waals surface area contributed by atoms with Gasteiger partial charge in [-0.25, -0.2) is 0 Å². The third-order valence-electron chi connectivity index (χ3n) is 6.21. The van der Waals surface area contributed by atoms with Gasteiger partial charge in [-0.2, -0.15) is 5.26 Å². The molecule has 0 bridgehead atoms. The minimum absolute atomic E-state index is 0.0178. The lowest BCUT2D eigenvalue weighted by Gasteiger charge is -2.24. The SMILES string of the molecule is Cc1cccc(-c2nnc(-c3ccc(C(=O)N4CCCN(c5ccc(C#N)cc5)CC4)cc3)o2)c1. The summed E-state index contributed by atoms with van der Waals surface area (Å²) in [6, 6.07) is 25.0. The number of hydrogen-bond donors (Lipinski definition) is 0. The summed E-state index contributed by atoms with van der Waals surface area (Å²) in [7, 11) is 0. The molecule has 0 saturated carbocycles. The van der Waals surface area contributed by atoms with Crippen molar-refractivity contribution in [1.29, 1.82) is 5.26 Å². The number of rotatable bonds is 4. The zero-order chi connectivity index (χ0) is 24.2. The first kappa shape index (κ1) is 22.4. The molecular formula is C28H25N5O2. The third kappa shape index (κ3) is 4.92. The molecule has 2 heterocycles. The second-order valence-corrected chi connectivity index (χ2v) is 8.65. The van der Waals surface area contributed by atoms with Gasteiger partial charge in [0.1, 0.15) is 0 Å². The molecule has 1 saturated heterocycles. The maximum atomic E-state index is 13.2. The molecule has 3 aromatic carbocycles. The largest absolute Gasteiger partial charge is 0.416 e. The van der Waals surface area contributed by atoms with E-state index in [2.05, 4.69) is 21.2 Å². The van der Waals surface area contributed by atoms with Gasteiger partial charge in [0.05, 0.1) is 11.6 Å². The fraction of sp³-hybridized carbons (Fsp3) is 0.214. The van der Waals surface area contributed by atoms with Gasteiger partial charge < -0.3 is 14.2 Å². The highest BCUT2D eigenvalue weighted by Crippen LogP contribution is 2.25. The molecule has 0 atom stereocenters. The van der Waals surface area contributed by atoms with Gasteiger partial charge in [0.25, 0.3) is 5.91 Å². The van der Waals surface area contributed by atoms with E-state index in [0.717, 1.165) is 41.9 Å². The first-order valence-corrected chi connectivity index (χ1v) is 11.7. The molecule has 0 aliphatic carbocycles. The Bertz CT molecular complexity index is 1370. The molecule has 7 heteroatoms. The van der Waals surface area contributed by atoms with E-state index in [1.807, 2.05) is 84.6 Å². The molecule has 35 heavy (non-hydrogen) atoms. The summed E-state index contributed by atoms with van der Waals surface area (Å²) < 4.78 is 5.87. The predicted molar refractivity (Wildman–Crippen MR) is 134 cm³/mol. The quantitative estimate of drug-likeness (QED) is 0.426. The highest BCUT2D eigenvalue weighted by Gasteiger charge is 2.21. The molecule has 5 rings (SSSR count). The van der Waals surface area contributed by atoms with Crippen LogP contribution in [0, 0.1) is 18.3 Å². The Morgan fingerprint density at radius 1 is 0.886 bits per heavy atom. The third-order valence-corrected chi connectivity index (χ3v) is 6.21. The van der Waals surface area contributed by atoms with Gasteiger partial charge in [-0.05, 0) is 74.0 Å². The topological polar surface area (TPSA) is 86.3 Å². The van der Waals surface area contributed by atoms with Crippen molar-refractivity contribution in [2.75, 3.05) is 31.1 Å². The minimum Gasteiger partial charge on any atom is -0.416 e. The molecule has 0 spiro atoms. The van der Waals surface area contributed by atoms with Crippen molar-refractivity contribution in [3.05, 3.63) is 89.5 Å². The summed E-state index contributed by atoms with van der Waals surface area (Å²) >= 11 is 0. The number of carbonyl (C=O) groups is 1. The van der Waals surface area contributed by atoms with Crippen LogP contribution in [0.25, 0.3) is 22.9 Å². The van der Waals surface area contributed by atoms with Crippen molar-refractivity contribution < 1.29 is 9.21 Å². The average molecular weight is 464 g/mol. The Labute approximate surface area is 204 Å². The van der Waals surface area contributed by atoms with Gasteiger partial charge in [0.2, 0.25) is 11.8 Å². The van der Waals surface area contributed by atoms with E-state index < -0.39 is 0 Å². The Morgan fingerprint density at radius 3 is 2.34 bits per heavy atom. The summed E-state index contributed by atoms with van der Waals surface area (Å²) in [5.41, 5.74) is 5.14. The number of carbonyl (C=O) groups excluding carboxylic acids is 1. The second-order valence-electron chi connectivity index (χ2n) is 8.65. The molecule has 1 aliphatic heterocycles. The Kier molecular flexibility index (Phi) is 6.27. The fourth-order valence-electron chi connectivity index (χ4n) is 4.30. The average Bonchev–Trinajstić information content (AvgIpc) is 3.27. The van der Waals surface area contributed by atoms with Crippen LogP contribution in [0.3, 0.4) is 0 Å². The number of amides is 1. The van der Waals surface area contributed by atoms with Crippen LogP contribution in [-0.4, -0.2) is 47.2 Å². The maximum absolute atomic E-state index is 13.2. The number of anilines is 1. The minimum atomic E-state index is 0.0178. The Morgan fingerprint density at radius 2 is 1.63 bits per heavy atom. The fourth-order valence-corrected chi connectivity index (χ4v) is 4.30. The molecule has 1 amide bonds. The smallest absolute Gasteiger partial charge is 0.253 e. The van der Waals surface area contributed by atoms with Crippen molar-refractivity contribution in [3.63, 3.8) is 0 Å². The molecule has 1 fully saturated rings. The number of nitrogens with zero attached hydrogens (tertiary/aromatic N) is 5. The summed E-state index contributed by atoms with van der Waals surface area (Å²) in [5, 5.41) is 17.4. The van der Waals surface area contributed by atoms with E-state index in [1.54, 1.807) is 0 Å². The highest BCUT2D eigenvalue weighted by atomic mass is 16.4. The van der Waals surface area contributed by atoms with Gasteiger partial charge in [0.15, 0.2) is 0 Å². The monoisotopic (exact) mass is 463 g/mol. The first-order chi connectivity index (χ1) is 17.1. The van der Waals surface area contributed by atoms with Gasteiger partial charge in [-0.15, -0.1) is 10.2 Å². The Balaban J connectivity index is 1.25. The van der Waals surface area contributed by atoms with Crippen molar-refractivity contribution >= 4 is 11.6 Å². The number of nitriles is 1. The Hall–Kier alpha value is -4.44. The van der Waals surface area contributed by atoms with Gasteiger partial charge in [0, 0.05) is 48.6 Å². The lowest BCUT2D eigenvalue weighted by molar-refractivity contribution is 0.0767. The van der Waals surface area contributed by atoms with Gasteiger partial charge in [-0.1, -0.05) is 17.7 Å². The molecule has 0 radical (unpaired) electrons. The van der Waals surface area contributed by atoms with Crippen LogP contribution in [0.1, 0.15) is 27.9 Å². The second kappa shape index (κ2) is 9.82. The zero-order valence-electron chi connectivity index (χ0n) is 19.5. The van der Waals surface area contributed by atoms with Crippen LogP contribution in [0.2, 0.25) is 0 Å². The van der Waals surface area contributed by atoms with Crippen LogP contribution in [0.4, 0.5) is 5.69 Å². The van der Waals surface area contributed by atoms with E-state index in [1.165, 1.54) is 0 Å². The van der Waals surface area contributed by atoms with E-state index in [4.69, 9.17) is 9.68 Å². The van der Waals surface area contributed by atoms with Crippen molar-refractivity contribution in [2.24, 2.45) is 0 Å². The molecule has 7 nitrogen and oxygen atoms in total. The summed E-state index contributed by atoms with van der Waals surface area (Å²) in [6.07, 6.45) is 0.882. The summed E-state index contributed by atoms with van der Waals surface area (Å²) in [5.74, 6) is 0.915. The van der Waals surface area contributed by atoms with Gasteiger partial charge in [-0.3, -0.25) is 4.79 Å². The lowest BCUT2D eigenvalue weighted by Crippen LogP contribution is -2.35. The first-order valence-electron chi connectivity index (χ1n) is 11.7. The van der Waals surface area contributed by atoms with Crippen LogP contribution < -0.4 is 4.90 Å². The van der Waals surface area contributed by atoms with Crippen molar-refractivity contribution in [3.8, 4) is 29.0 Å². The molecule has 1 aliphatic rings. The van der Waals surface area contributed by atoms with Crippen molar-refractivity contribution in [2.45, 2.75) is 13.3 Å². The number of aromatic nitrogens is 2. The van der Waals surface area contributed by atoms with Crippen LogP contribution in [0.5, 0.6) is 0 Å². The lowest BCUT2D eigenvalue weighted by atomic mass is 10.1. The molecule has 0 unspecified atom stereocenters. The van der Waals surface area contributed by atoms with Crippen molar-refractivity contribution in [1.82, 2.24) is 15.1 Å². The van der Waals surface area contributed by atoms with E-state index >= 15 is 0 Å². The number of hydrogen-bond acceptors (Lipinski definition) is 6. The summed E-state index contributed by atoms with van der Waals surface area (Å²) in [6.45, 7) is 4.99. The highest BCUT2D eigenvalue weighted by molar-refractivity contribution is 5.94. The normalized spacial score (nSPS) is 13.8. The van der Waals surface area contributed by atoms with Crippen LogP contribution in [-0.2, 0) is 0 Å². The van der Waals surface area contributed by atoms with E-state index in [9.17, 15) is 4.79 Å². The number of benzene rings is 3. The standard InChI is InChI=1S/C28H25N5O2/c1-20-4-2-5-24(18-20)27-31-30-26(35-27)22-8-10-23(11-9-22)28(34)33-15-3-14-32(16-17-33)25-12-6-21(19-29)7-13-25/h2,4-13,18H,3,14-17H2,1H3. The molecule has 174 valence electrons. The zero-order valence-corrected chi connectivity index (χ0v) is 19.5. The number of aryl methyl sites for hydroxylation is 1. The van der Waals surface area contributed by atoms with E-state index in [-0.39, 0.29) is 5.91 Å².